The van der Waals surface area contributed by atoms with Gasteiger partial charge in [0.15, 0.2) is 0 Å². The maximum Gasteiger partial charge on any atom is 3.00 e. The molecule has 2 aromatic heterocycles. The van der Waals surface area contributed by atoms with Crippen molar-refractivity contribution in [3.63, 3.8) is 0 Å². The maximum absolute atomic E-state index is 11.7. The second-order valence-corrected chi connectivity index (χ2v) is 7.08. The summed E-state index contributed by atoms with van der Waals surface area (Å²) in [4.78, 5) is 32.2. The van der Waals surface area contributed by atoms with Gasteiger partial charge in [0.2, 0.25) is 0 Å². The van der Waals surface area contributed by atoms with Gasteiger partial charge in [0.25, 0.3) is 0 Å². The number of aliphatic hydroxyl groups excluding tert-OH is 1. The number of aromatic nitrogens is 3. The topological polar surface area (TPSA) is 247 Å². The summed E-state index contributed by atoms with van der Waals surface area (Å²) in [6.07, 6.45) is 9.26. The van der Waals surface area contributed by atoms with Gasteiger partial charge < -0.3 is 45.8 Å². The Hall–Kier alpha value is -2.93. The smallest absolute Gasteiger partial charge is 0.871 e. The minimum absolute atomic E-state index is 0. The summed E-state index contributed by atoms with van der Waals surface area (Å²) in [6, 6.07) is 8.89. The maximum atomic E-state index is 11.7. The molecule has 0 saturated carbocycles. The van der Waals surface area contributed by atoms with Crippen LogP contribution in [-0.2, 0) is 17.2 Å². The first kappa shape index (κ1) is 36.6. The van der Waals surface area contributed by atoms with Gasteiger partial charge in [-0.25, -0.2) is 9.97 Å². The van der Waals surface area contributed by atoms with Gasteiger partial charge in [-0.3, -0.25) is 9.20 Å². The summed E-state index contributed by atoms with van der Waals surface area (Å²) in [6.45, 7) is 0.642. The minimum atomic E-state index is -1.75. The van der Waals surface area contributed by atoms with Crippen LogP contribution in [0, 0.1) is 67.9 Å². The second-order valence-electron chi connectivity index (χ2n) is 5.60. The van der Waals surface area contributed by atoms with Gasteiger partial charge in [-0.15, -0.1) is 0 Å². The largest absolute Gasteiger partial charge is 3.00 e. The van der Waals surface area contributed by atoms with E-state index < -0.39 is 21.0 Å². The van der Waals surface area contributed by atoms with E-state index >= 15 is 0 Å². The molecule has 0 saturated heterocycles. The predicted molar refractivity (Wildman–Crippen MR) is 125 cm³/mol. The summed E-state index contributed by atoms with van der Waals surface area (Å²) in [5, 5.41) is 49.1. The second kappa shape index (κ2) is 22.8. The SMILES string of the molecule is CO.CS(C)=O.O=[N+]([O-])[O-].O=[N+]([O-])[O-].[Er+3].[O-]c1cccc2ccc(C=NCCc3c[nH]cn3)nc12. The van der Waals surface area contributed by atoms with E-state index in [2.05, 4.69) is 19.9 Å². The molecular weight excluding hydrogens is 644 g/mol. The normalized spacial score (nSPS) is 9.06. The molecule has 3 aromatic rings. The van der Waals surface area contributed by atoms with Crippen LogP contribution < -0.4 is 5.11 Å². The zero-order chi connectivity index (χ0) is 26.5. The molecule has 0 spiro atoms. The first-order valence-corrected chi connectivity index (χ1v) is 10.9. The Morgan fingerprint density at radius 3 is 2.11 bits per heavy atom. The first-order chi connectivity index (χ1) is 16.0. The van der Waals surface area contributed by atoms with Crippen LogP contribution in [0.3, 0.4) is 0 Å². The van der Waals surface area contributed by atoms with E-state index in [0.29, 0.717) is 17.8 Å². The standard InChI is InChI=1S/C15H14N4O.C2H6OS.CH4O.Er.2NO3/c20-14-3-1-2-11-4-5-13(19-15(11)14)9-16-7-6-12-8-17-10-18-12;1-4(2)3;1-2;;2*2-1(3)4/h1-5,8-10,20H,6-7H2,(H,17,18);1-2H3;2H,1H3;;;/q;;;+3;2*-1/p-1. The zero-order valence-corrected chi connectivity index (χ0v) is 21.3. The summed E-state index contributed by atoms with van der Waals surface area (Å²) in [5.41, 5.74) is 2.17. The Kier molecular flexibility index (Phi) is 23.9. The molecule has 0 unspecified atom stereocenters. The molecule has 1 aromatic carbocycles. The van der Waals surface area contributed by atoms with Gasteiger partial charge in [0, 0.05) is 55.8 Å². The summed E-state index contributed by atoms with van der Waals surface area (Å²) < 4.78 is 9.56. The van der Waals surface area contributed by atoms with Crippen LogP contribution in [0.15, 0.2) is 47.8 Å². The van der Waals surface area contributed by atoms with E-state index in [4.69, 9.17) is 35.7 Å². The molecule has 0 atom stereocenters. The molecular formula is C18H23ErN6O9S. The van der Waals surface area contributed by atoms with Crippen LogP contribution in [0.25, 0.3) is 10.9 Å². The molecule has 17 heteroatoms. The van der Waals surface area contributed by atoms with Crippen molar-refractivity contribution in [3.05, 3.63) is 84.9 Å². The van der Waals surface area contributed by atoms with E-state index in [0.717, 1.165) is 24.6 Å². The number of hydrogen-bond acceptors (Lipinski definition) is 12. The minimum Gasteiger partial charge on any atom is -0.871 e. The molecule has 0 aliphatic rings. The molecule has 197 valence electrons. The van der Waals surface area contributed by atoms with Crippen molar-refractivity contribution in [2.75, 3.05) is 26.2 Å². The molecule has 0 amide bonds. The summed E-state index contributed by atoms with van der Waals surface area (Å²) >= 11 is 0. The fourth-order valence-electron chi connectivity index (χ4n) is 1.97. The van der Waals surface area contributed by atoms with E-state index in [9.17, 15) is 9.32 Å². The Labute approximate surface area is 231 Å². The predicted octanol–water partition coefficient (Wildman–Crippen LogP) is 0.818. The average molecular weight is 667 g/mol. The fourth-order valence-corrected chi connectivity index (χ4v) is 1.97. The Bertz CT molecular complexity index is 998. The van der Waals surface area contributed by atoms with Crippen molar-refractivity contribution >= 4 is 27.9 Å². The van der Waals surface area contributed by atoms with Crippen LogP contribution in [0.2, 0.25) is 0 Å². The number of imidazole rings is 1. The number of aromatic amines is 1. The van der Waals surface area contributed by atoms with Crippen molar-refractivity contribution < 1.29 is 61.9 Å². The third-order valence-electron chi connectivity index (χ3n) is 2.98. The summed E-state index contributed by atoms with van der Waals surface area (Å²) in [7, 11) is 0.389. The van der Waals surface area contributed by atoms with Gasteiger partial charge in [0.05, 0.1) is 33.4 Å². The number of rotatable bonds is 4. The number of nitrogens with one attached hydrogen (secondary N) is 1. The number of aliphatic hydroxyl groups is 1. The Morgan fingerprint density at radius 2 is 1.63 bits per heavy atom. The Balaban J connectivity index is -0.000000572. The van der Waals surface area contributed by atoms with Crippen molar-refractivity contribution in [1.29, 1.82) is 0 Å². The number of aliphatic imine (C=N–C) groups is 1. The average Bonchev–Trinajstić information content (AvgIpc) is 3.26. The molecule has 2 heterocycles. The number of benzene rings is 1. The molecule has 2 N–H and O–H groups in total. The quantitative estimate of drug-likeness (QED) is 0.224. The van der Waals surface area contributed by atoms with Crippen LogP contribution >= 0.6 is 0 Å². The van der Waals surface area contributed by atoms with Gasteiger partial charge in [0.1, 0.15) is 0 Å². The summed E-state index contributed by atoms with van der Waals surface area (Å²) in [5.74, 6) is -0.0609. The van der Waals surface area contributed by atoms with E-state index in [-0.39, 0.29) is 43.1 Å². The number of fused-ring (bicyclic) bond motifs is 1. The number of para-hydroxylation sites is 1. The number of pyridine rings is 1. The van der Waals surface area contributed by atoms with Crippen LogP contribution in [0.4, 0.5) is 0 Å². The number of nitrogens with zero attached hydrogens (tertiary/aromatic N) is 5. The Morgan fingerprint density at radius 1 is 1.09 bits per heavy atom. The molecule has 15 nitrogen and oxygen atoms in total. The third kappa shape index (κ3) is 22.6. The van der Waals surface area contributed by atoms with Crippen molar-refractivity contribution in [3.8, 4) is 5.75 Å². The first-order valence-electron chi connectivity index (χ1n) is 8.90. The van der Waals surface area contributed by atoms with Crippen LogP contribution in [0.5, 0.6) is 5.75 Å². The molecule has 0 aliphatic heterocycles. The van der Waals surface area contributed by atoms with E-state index in [1.807, 2.05) is 24.4 Å². The van der Waals surface area contributed by atoms with E-state index in [1.54, 1.807) is 31.1 Å². The number of hydrogen-bond donors (Lipinski definition) is 2. The molecule has 0 aliphatic carbocycles. The molecule has 1 radical (unpaired) electrons. The van der Waals surface area contributed by atoms with Crippen LogP contribution in [-0.4, -0.2) is 66.8 Å². The molecule has 0 bridgehead atoms. The molecule has 35 heavy (non-hydrogen) atoms. The molecule has 3 rings (SSSR count). The van der Waals surface area contributed by atoms with Crippen LogP contribution in [0.1, 0.15) is 11.4 Å². The van der Waals surface area contributed by atoms with Crippen molar-refractivity contribution in [2.45, 2.75) is 6.42 Å². The van der Waals surface area contributed by atoms with Gasteiger partial charge in [-0.2, -0.15) is 0 Å². The third-order valence-corrected chi connectivity index (χ3v) is 2.98. The number of H-pyrrole nitrogens is 1. The monoisotopic (exact) mass is 665 g/mol. The fraction of sp³-hybridized carbons (Fsp3) is 0.278. The van der Waals surface area contributed by atoms with Crippen molar-refractivity contribution in [2.24, 2.45) is 4.99 Å². The van der Waals surface area contributed by atoms with Gasteiger partial charge in [-0.1, -0.05) is 30.0 Å². The van der Waals surface area contributed by atoms with E-state index in [1.165, 1.54) is 6.07 Å². The van der Waals surface area contributed by atoms with Gasteiger partial charge in [-0.05, 0) is 11.5 Å². The van der Waals surface area contributed by atoms with Gasteiger partial charge >= 0.3 is 37.3 Å². The zero-order valence-electron chi connectivity index (χ0n) is 18.7. The molecule has 0 fully saturated rings. The van der Waals surface area contributed by atoms with Crippen molar-refractivity contribution in [1.82, 2.24) is 15.0 Å².